The van der Waals surface area contributed by atoms with E-state index in [1.54, 1.807) is 0 Å². The van der Waals surface area contributed by atoms with Gasteiger partial charge in [-0.1, -0.05) is 5.11 Å². The van der Waals surface area contributed by atoms with Gasteiger partial charge in [0.2, 0.25) is 0 Å². The monoisotopic (exact) mass is 661 g/mol. The number of carbonyl (C=O) groups excluding carboxylic acids is 7. The van der Waals surface area contributed by atoms with Crippen molar-refractivity contribution >= 4 is 41.8 Å². The maximum absolute atomic E-state index is 12.2. The topological polar surface area (TPSA) is 261 Å². The van der Waals surface area contributed by atoms with E-state index in [1.165, 1.54) is 0 Å². The van der Waals surface area contributed by atoms with Crippen molar-refractivity contribution in [2.24, 2.45) is 5.11 Å². The first-order chi connectivity index (χ1) is 21.5. The van der Waals surface area contributed by atoms with E-state index < -0.39 is 116 Å². The van der Waals surface area contributed by atoms with E-state index in [4.69, 9.17) is 52.9 Å². The minimum atomic E-state index is -1.82. The molecule has 0 bridgehead atoms. The first-order valence-electron chi connectivity index (χ1n) is 13.7. The third-order valence-electron chi connectivity index (χ3n) is 6.07. The molecule has 256 valence electrons. The number of esters is 7. The Bertz CT molecular complexity index is 1220. The number of nitrogens with zero attached hydrogens (tertiary/aromatic N) is 3. The molecular weight excluding hydrogens is 626 g/mol. The maximum atomic E-state index is 12.2. The van der Waals surface area contributed by atoms with Crippen molar-refractivity contribution in [3.05, 3.63) is 10.4 Å². The van der Waals surface area contributed by atoms with Crippen LogP contribution in [0.2, 0.25) is 0 Å². The summed E-state index contributed by atoms with van der Waals surface area (Å²) in [6, 6.07) is 0. The van der Waals surface area contributed by atoms with Gasteiger partial charge in [0.1, 0.15) is 31.5 Å². The second kappa shape index (κ2) is 17.2. The fourth-order valence-electron chi connectivity index (χ4n) is 4.63. The summed E-state index contributed by atoms with van der Waals surface area (Å²) < 4.78 is 54.8. The molecule has 20 nitrogen and oxygen atoms in total. The lowest BCUT2D eigenvalue weighted by atomic mass is 9.95. The van der Waals surface area contributed by atoms with E-state index in [-0.39, 0.29) is 0 Å². The molecule has 2 rings (SSSR count). The highest BCUT2D eigenvalue weighted by Crippen LogP contribution is 2.35. The van der Waals surface area contributed by atoms with E-state index in [0.29, 0.717) is 0 Å². The number of ether oxygens (including phenoxy) is 10. The fraction of sp³-hybridized carbons (Fsp3) is 0.731. The predicted octanol–water partition coefficient (Wildman–Crippen LogP) is -0.0836. The standard InChI is InChI=1S/C26H35N3O17/c1-10(30)37-8-17-20(21(40-13(4)33)23(42-15(6)35)25(44-17)28-29-27)46-26-24(43-16(7)36)22(41-14(5)34)19(39-12(3)32)18(45-26)9-38-11(2)31/h17-26H,8-9H2,1-7H3/t17-,18-,19+,20-,21+,22+,23-,24-,25-,26+/m1/s1. The Morgan fingerprint density at radius 3 is 1.37 bits per heavy atom. The first-order valence-corrected chi connectivity index (χ1v) is 13.7. The van der Waals surface area contributed by atoms with Crippen LogP contribution in [-0.4, -0.2) is 116 Å². The SMILES string of the molecule is CC(=O)OC[C@H]1O[C@@H](O[C@H]2[C@H](OC(C)=O)[C@@H](OC(C)=O)[C@H](N=[N+]=[N-])O[C@@H]2COC(C)=O)[C@H](OC(C)=O)[C@@H](OC(C)=O)[C@H]1OC(C)=O. The molecular formula is C26H35N3O17. The van der Waals surface area contributed by atoms with Crippen LogP contribution in [0, 0.1) is 0 Å². The van der Waals surface area contributed by atoms with E-state index in [0.717, 1.165) is 48.5 Å². The van der Waals surface area contributed by atoms with Crippen LogP contribution in [0.25, 0.3) is 10.4 Å². The van der Waals surface area contributed by atoms with Crippen LogP contribution in [0.3, 0.4) is 0 Å². The second-order valence-electron chi connectivity index (χ2n) is 9.89. The minimum absolute atomic E-state index is 0.585. The highest BCUT2D eigenvalue weighted by atomic mass is 16.8. The van der Waals surface area contributed by atoms with Crippen LogP contribution in [0.5, 0.6) is 0 Å². The molecule has 0 amide bonds. The lowest BCUT2D eigenvalue weighted by Gasteiger charge is -2.48. The van der Waals surface area contributed by atoms with Crippen LogP contribution in [0.4, 0.5) is 0 Å². The number of carbonyl (C=O) groups is 7. The van der Waals surface area contributed by atoms with Gasteiger partial charge in [0.15, 0.2) is 43.0 Å². The number of rotatable bonds is 12. The van der Waals surface area contributed by atoms with Gasteiger partial charge in [-0.15, -0.1) is 0 Å². The normalized spacial score (nSPS) is 30.3. The predicted molar refractivity (Wildman–Crippen MR) is 142 cm³/mol. The van der Waals surface area contributed by atoms with Gasteiger partial charge in [0, 0.05) is 53.4 Å². The van der Waals surface area contributed by atoms with Gasteiger partial charge in [-0.3, -0.25) is 33.6 Å². The highest BCUT2D eigenvalue weighted by molar-refractivity contribution is 5.69. The van der Waals surface area contributed by atoms with E-state index in [9.17, 15) is 33.6 Å². The van der Waals surface area contributed by atoms with Crippen LogP contribution in [-0.2, 0) is 80.9 Å². The molecule has 10 atom stereocenters. The summed E-state index contributed by atoms with van der Waals surface area (Å²) in [5.41, 5.74) is 9.13. The molecule has 2 fully saturated rings. The molecule has 2 aliphatic rings. The Labute approximate surface area is 261 Å². The lowest BCUT2D eigenvalue weighted by Crippen LogP contribution is -2.67. The van der Waals surface area contributed by atoms with E-state index in [1.807, 2.05) is 0 Å². The summed E-state index contributed by atoms with van der Waals surface area (Å²) in [5, 5.41) is 3.46. The zero-order valence-electron chi connectivity index (χ0n) is 26.0. The summed E-state index contributed by atoms with van der Waals surface area (Å²) in [5.74, 6) is -6.10. The molecule has 0 aromatic heterocycles. The van der Waals surface area contributed by atoms with Gasteiger partial charge in [-0.2, -0.15) is 0 Å². The summed E-state index contributed by atoms with van der Waals surface area (Å²) in [6.07, 6.45) is -16.1. The molecule has 2 aliphatic heterocycles. The Kier molecular flexibility index (Phi) is 14.1. The smallest absolute Gasteiger partial charge is 0.303 e. The Hall–Kier alpha value is -4.52. The average Bonchev–Trinajstić information content (AvgIpc) is 2.91. The van der Waals surface area contributed by atoms with E-state index in [2.05, 4.69) is 10.0 Å². The molecule has 0 aromatic carbocycles. The molecule has 0 aromatic rings. The molecule has 0 aliphatic carbocycles. The van der Waals surface area contributed by atoms with Gasteiger partial charge < -0.3 is 47.4 Å². The van der Waals surface area contributed by atoms with E-state index >= 15 is 0 Å². The molecule has 0 N–H and O–H groups in total. The molecule has 2 saturated heterocycles. The largest absolute Gasteiger partial charge is 0.463 e. The summed E-state index contributed by atoms with van der Waals surface area (Å²) in [6.45, 7) is 6.05. The molecule has 0 radical (unpaired) electrons. The lowest BCUT2D eigenvalue weighted by molar-refractivity contribution is -0.344. The van der Waals surface area contributed by atoms with Crippen molar-refractivity contribution in [3.8, 4) is 0 Å². The van der Waals surface area contributed by atoms with Crippen LogP contribution in [0.15, 0.2) is 5.11 Å². The van der Waals surface area contributed by atoms with Crippen molar-refractivity contribution in [2.75, 3.05) is 13.2 Å². The zero-order valence-corrected chi connectivity index (χ0v) is 26.0. The summed E-state index contributed by atoms with van der Waals surface area (Å²) >= 11 is 0. The van der Waals surface area contributed by atoms with Gasteiger partial charge >= 0.3 is 41.8 Å². The first kappa shape index (κ1) is 37.7. The average molecular weight is 662 g/mol. The quantitative estimate of drug-likeness (QED) is 0.0870. The van der Waals surface area contributed by atoms with Crippen LogP contribution < -0.4 is 0 Å². The Morgan fingerprint density at radius 1 is 0.543 bits per heavy atom. The number of hydrogen-bond donors (Lipinski definition) is 0. The third-order valence-corrected chi connectivity index (χ3v) is 6.07. The molecule has 0 spiro atoms. The van der Waals surface area contributed by atoms with Crippen molar-refractivity contribution in [1.82, 2.24) is 0 Å². The Morgan fingerprint density at radius 2 is 0.935 bits per heavy atom. The molecule has 2 heterocycles. The molecule has 20 heteroatoms. The maximum Gasteiger partial charge on any atom is 0.303 e. The van der Waals surface area contributed by atoms with Crippen LogP contribution >= 0.6 is 0 Å². The van der Waals surface area contributed by atoms with Crippen molar-refractivity contribution in [2.45, 2.75) is 110 Å². The molecule has 46 heavy (non-hydrogen) atoms. The third kappa shape index (κ3) is 11.1. The van der Waals surface area contributed by atoms with Crippen molar-refractivity contribution < 1.29 is 80.9 Å². The summed E-state index contributed by atoms with van der Waals surface area (Å²) in [7, 11) is 0. The minimum Gasteiger partial charge on any atom is -0.463 e. The Balaban J connectivity index is 2.73. The van der Waals surface area contributed by atoms with Crippen molar-refractivity contribution in [3.63, 3.8) is 0 Å². The van der Waals surface area contributed by atoms with Gasteiger partial charge in [-0.25, -0.2) is 0 Å². The van der Waals surface area contributed by atoms with Gasteiger partial charge in [0.05, 0.1) is 0 Å². The second-order valence-corrected chi connectivity index (χ2v) is 9.89. The van der Waals surface area contributed by atoms with Crippen molar-refractivity contribution in [1.29, 1.82) is 0 Å². The highest BCUT2D eigenvalue weighted by Gasteiger charge is 2.57. The zero-order chi connectivity index (χ0) is 34.7. The van der Waals surface area contributed by atoms with Gasteiger partial charge in [-0.05, 0) is 5.53 Å². The van der Waals surface area contributed by atoms with Crippen LogP contribution in [0.1, 0.15) is 48.5 Å². The fourth-order valence-corrected chi connectivity index (χ4v) is 4.63. The molecule has 0 unspecified atom stereocenters. The number of hydrogen-bond acceptors (Lipinski definition) is 18. The molecule has 0 saturated carbocycles. The number of azide groups is 1. The summed E-state index contributed by atoms with van der Waals surface area (Å²) in [4.78, 5) is 86.7. The van der Waals surface area contributed by atoms with Gasteiger partial charge in [0.25, 0.3) is 0 Å².